The number of carbonyl (C=O) groups excluding carboxylic acids is 1. The second-order valence-corrected chi connectivity index (χ2v) is 8.57. The summed E-state index contributed by atoms with van der Waals surface area (Å²) in [6.45, 7) is 3.69. The van der Waals surface area contributed by atoms with Crippen LogP contribution in [0.1, 0.15) is 41.3 Å². The molecule has 0 heterocycles. The highest BCUT2D eigenvalue weighted by Crippen LogP contribution is 2.30. The maximum Gasteiger partial charge on any atom is 0.349 e. The van der Waals surface area contributed by atoms with Gasteiger partial charge in [0.05, 0.1) is 6.61 Å². The first-order chi connectivity index (χ1) is 17.8. The molecule has 0 aliphatic heterocycles. The SMILES string of the molecule is CCOc1c(F)cc(OC(=O)c2c(F)cc(-c3ccc(CC(C)c4ccccc4)cc3)cc2F)cc1F. The van der Waals surface area contributed by atoms with Crippen molar-refractivity contribution in [3.8, 4) is 22.6 Å². The van der Waals surface area contributed by atoms with E-state index in [9.17, 15) is 22.4 Å². The van der Waals surface area contributed by atoms with Crippen LogP contribution in [0.4, 0.5) is 17.6 Å². The van der Waals surface area contributed by atoms with Crippen LogP contribution in [-0.4, -0.2) is 12.6 Å². The van der Waals surface area contributed by atoms with E-state index in [1.54, 1.807) is 19.1 Å². The second-order valence-electron chi connectivity index (χ2n) is 8.57. The molecule has 4 rings (SSSR count). The molecule has 0 spiro atoms. The molecular formula is C30H24F4O3. The normalized spacial score (nSPS) is 11.7. The van der Waals surface area contributed by atoms with E-state index < -0.39 is 46.3 Å². The number of hydrogen-bond acceptors (Lipinski definition) is 3. The fourth-order valence-corrected chi connectivity index (χ4v) is 4.06. The topological polar surface area (TPSA) is 35.5 Å². The van der Waals surface area contributed by atoms with E-state index >= 15 is 0 Å². The van der Waals surface area contributed by atoms with Gasteiger partial charge in [0.2, 0.25) is 0 Å². The summed E-state index contributed by atoms with van der Waals surface area (Å²) in [5.74, 6) is -6.84. The Kier molecular flexibility index (Phi) is 7.92. The molecule has 1 unspecified atom stereocenters. The minimum absolute atomic E-state index is 0.0191. The van der Waals surface area contributed by atoms with Crippen molar-refractivity contribution in [2.75, 3.05) is 6.61 Å². The van der Waals surface area contributed by atoms with Crippen molar-refractivity contribution < 1.29 is 31.8 Å². The minimum atomic E-state index is -1.42. The van der Waals surface area contributed by atoms with E-state index in [-0.39, 0.29) is 12.2 Å². The standard InChI is InChI=1S/C30H24F4O3/c1-3-36-29-26(33)16-23(17-27(29)34)37-30(35)28-24(31)14-22(15-25(28)32)21-11-9-19(10-12-21)13-18(2)20-7-5-4-6-8-20/h4-12,14-18H,3,13H2,1-2H3. The molecule has 0 aliphatic carbocycles. The first kappa shape index (κ1) is 25.9. The van der Waals surface area contributed by atoms with Crippen molar-refractivity contribution in [3.63, 3.8) is 0 Å². The fourth-order valence-electron chi connectivity index (χ4n) is 4.06. The fraction of sp³-hybridized carbons (Fsp3) is 0.167. The average Bonchev–Trinajstić information content (AvgIpc) is 2.86. The van der Waals surface area contributed by atoms with Crippen LogP contribution in [-0.2, 0) is 6.42 Å². The van der Waals surface area contributed by atoms with E-state index in [1.807, 2.05) is 30.3 Å². The maximum absolute atomic E-state index is 14.8. The van der Waals surface area contributed by atoms with E-state index in [0.717, 1.165) is 24.1 Å². The van der Waals surface area contributed by atoms with Crippen LogP contribution in [0.3, 0.4) is 0 Å². The van der Waals surface area contributed by atoms with Gasteiger partial charge in [0.1, 0.15) is 22.9 Å². The molecule has 0 aliphatic rings. The van der Waals surface area contributed by atoms with Crippen LogP contribution in [0.15, 0.2) is 78.9 Å². The Morgan fingerprint density at radius 3 is 1.95 bits per heavy atom. The summed E-state index contributed by atoms with van der Waals surface area (Å²) >= 11 is 0. The van der Waals surface area contributed by atoms with Gasteiger partial charge in [-0.25, -0.2) is 22.4 Å². The monoisotopic (exact) mass is 508 g/mol. The number of benzene rings is 4. The van der Waals surface area contributed by atoms with Gasteiger partial charge in [-0.15, -0.1) is 0 Å². The van der Waals surface area contributed by atoms with Crippen molar-refractivity contribution in [1.82, 2.24) is 0 Å². The van der Waals surface area contributed by atoms with Crippen LogP contribution in [0.25, 0.3) is 11.1 Å². The average molecular weight is 509 g/mol. The minimum Gasteiger partial charge on any atom is -0.488 e. The Morgan fingerprint density at radius 2 is 1.38 bits per heavy atom. The molecule has 0 bridgehead atoms. The molecule has 0 radical (unpaired) electrons. The highest BCUT2D eigenvalue weighted by molar-refractivity contribution is 5.92. The first-order valence-corrected chi connectivity index (χ1v) is 11.7. The number of carbonyl (C=O) groups is 1. The smallest absolute Gasteiger partial charge is 0.349 e. The quantitative estimate of drug-likeness (QED) is 0.138. The highest BCUT2D eigenvalue weighted by Gasteiger charge is 2.23. The Hall–Kier alpha value is -4.13. The lowest BCUT2D eigenvalue weighted by Crippen LogP contribution is -2.14. The van der Waals surface area contributed by atoms with Crippen molar-refractivity contribution >= 4 is 5.97 Å². The van der Waals surface area contributed by atoms with Gasteiger partial charge < -0.3 is 9.47 Å². The summed E-state index contributed by atoms with van der Waals surface area (Å²) in [6.07, 6.45) is 0.796. The number of esters is 1. The predicted molar refractivity (Wildman–Crippen MR) is 133 cm³/mol. The zero-order valence-corrected chi connectivity index (χ0v) is 20.2. The number of hydrogen-bond donors (Lipinski definition) is 0. The molecular weight excluding hydrogens is 484 g/mol. The van der Waals surface area contributed by atoms with E-state index in [2.05, 4.69) is 19.1 Å². The molecule has 4 aromatic carbocycles. The summed E-state index contributed by atoms with van der Waals surface area (Å²) < 4.78 is 67.3. The summed E-state index contributed by atoms with van der Waals surface area (Å²) in [4.78, 5) is 12.4. The van der Waals surface area contributed by atoms with Crippen LogP contribution < -0.4 is 9.47 Å². The van der Waals surface area contributed by atoms with Crippen LogP contribution in [0, 0.1) is 23.3 Å². The Balaban J connectivity index is 1.50. The molecule has 0 amide bonds. The number of ether oxygens (including phenoxy) is 2. The van der Waals surface area contributed by atoms with E-state index in [4.69, 9.17) is 9.47 Å². The molecule has 0 saturated heterocycles. The van der Waals surface area contributed by atoms with E-state index in [1.165, 1.54) is 5.56 Å². The van der Waals surface area contributed by atoms with Gasteiger partial charge in [-0.05, 0) is 53.6 Å². The summed E-state index contributed by atoms with van der Waals surface area (Å²) in [5, 5.41) is 0. The molecule has 37 heavy (non-hydrogen) atoms. The van der Waals surface area contributed by atoms with E-state index in [0.29, 0.717) is 23.6 Å². The molecule has 3 nitrogen and oxygen atoms in total. The van der Waals surface area contributed by atoms with Gasteiger partial charge in [-0.2, -0.15) is 0 Å². The zero-order valence-electron chi connectivity index (χ0n) is 20.2. The zero-order chi connectivity index (χ0) is 26.5. The molecule has 0 aromatic heterocycles. The van der Waals surface area contributed by atoms with Gasteiger partial charge >= 0.3 is 5.97 Å². The molecule has 0 fully saturated rings. The molecule has 0 saturated carbocycles. The third-order valence-electron chi connectivity index (χ3n) is 5.92. The second kappa shape index (κ2) is 11.3. The Bertz CT molecular complexity index is 1360. The highest BCUT2D eigenvalue weighted by atomic mass is 19.1. The Morgan fingerprint density at radius 1 is 0.784 bits per heavy atom. The summed E-state index contributed by atoms with van der Waals surface area (Å²) in [7, 11) is 0. The largest absolute Gasteiger partial charge is 0.488 e. The molecule has 0 N–H and O–H groups in total. The van der Waals surface area contributed by atoms with Gasteiger partial charge in [-0.3, -0.25) is 0 Å². The number of halogens is 4. The maximum atomic E-state index is 14.8. The third kappa shape index (κ3) is 6.00. The van der Waals surface area contributed by atoms with Crippen LogP contribution >= 0.6 is 0 Å². The van der Waals surface area contributed by atoms with Crippen LogP contribution in [0.5, 0.6) is 11.5 Å². The van der Waals surface area contributed by atoms with Crippen molar-refractivity contribution in [3.05, 3.63) is 119 Å². The lowest BCUT2D eigenvalue weighted by molar-refractivity contribution is 0.0723. The van der Waals surface area contributed by atoms with Gasteiger partial charge in [-0.1, -0.05) is 61.5 Å². The van der Waals surface area contributed by atoms with Gasteiger partial charge in [0, 0.05) is 12.1 Å². The Labute approximate surface area is 212 Å². The van der Waals surface area contributed by atoms with Crippen LogP contribution in [0.2, 0.25) is 0 Å². The molecule has 1 atom stereocenters. The molecule has 7 heteroatoms. The number of rotatable bonds is 8. The van der Waals surface area contributed by atoms with Crippen molar-refractivity contribution in [2.45, 2.75) is 26.2 Å². The van der Waals surface area contributed by atoms with Gasteiger partial charge in [0.15, 0.2) is 17.4 Å². The predicted octanol–water partition coefficient (Wildman–Crippen LogP) is 7.87. The molecule has 190 valence electrons. The van der Waals surface area contributed by atoms with Crippen molar-refractivity contribution in [1.29, 1.82) is 0 Å². The third-order valence-corrected chi connectivity index (χ3v) is 5.92. The lowest BCUT2D eigenvalue weighted by atomic mass is 9.93. The summed E-state index contributed by atoms with van der Waals surface area (Å²) in [6, 6.07) is 20.8. The lowest BCUT2D eigenvalue weighted by Gasteiger charge is -2.13. The van der Waals surface area contributed by atoms with Gasteiger partial charge in [0.25, 0.3) is 0 Å². The summed E-state index contributed by atoms with van der Waals surface area (Å²) in [5.41, 5.74) is 2.11. The van der Waals surface area contributed by atoms with Crippen molar-refractivity contribution in [2.24, 2.45) is 0 Å². The molecule has 4 aromatic rings. The first-order valence-electron chi connectivity index (χ1n) is 11.7.